The Bertz CT molecular complexity index is 241. The zero-order chi connectivity index (χ0) is 15.6. The molecule has 0 saturated carbocycles. The predicted molar refractivity (Wildman–Crippen MR) is 86.9 cm³/mol. The van der Waals surface area contributed by atoms with Crippen LogP contribution in [0.25, 0.3) is 0 Å². The molecule has 1 atom stereocenters. The fourth-order valence-electron chi connectivity index (χ4n) is 2.51. The minimum atomic E-state index is -2.41. The maximum absolute atomic E-state index is 13.9. The summed E-state index contributed by atoms with van der Waals surface area (Å²) in [7, 11) is -2.41. The summed E-state index contributed by atoms with van der Waals surface area (Å²) in [4.78, 5) is 0. The molecule has 0 aliphatic rings. The van der Waals surface area contributed by atoms with Gasteiger partial charge in [-0.2, -0.15) is 0 Å². The average molecular weight is 307 g/mol. The van der Waals surface area contributed by atoms with Crippen molar-refractivity contribution in [1.82, 2.24) is 0 Å². The zero-order valence-corrected chi connectivity index (χ0v) is 15.4. The Kier molecular flexibility index (Phi) is 9.94. The Hall–Kier alpha value is 0.0669. The van der Waals surface area contributed by atoms with Crippen LogP contribution in [0.2, 0.25) is 12.1 Å². The van der Waals surface area contributed by atoms with Crippen molar-refractivity contribution >= 4 is 8.56 Å². The third-order valence-electron chi connectivity index (χ3n) is 3.33. The summed E-state index contributed by atoms with van der Waals surface area (Å²) in [6.45, 7) is 11.3. The lowest BCUT2D eigenvalue weighted by molar-refractivity contribution is -0.0631. The molecule has 0 rings (SSSR count). The van der Waals surface area contributed by atoms with E-state index < -0.39 is 14.4 Å². The van der Waals surface area contributed by atoms with Crippen LogP contribution >= 0.6 is 0 Å². The van der Waals surface area contributed by atoms with Crippen LogP contribution in [0.5, 0.6) is 0 Å². The second kappa shape index (κ2) is 9.90. The quantitative estimate of drug-likeness (QED) is 0.327. The molecule has 0 saturated heterocycles. The average Bonchev–Trinajstić information content (AvgIpc) is 2.30. The third kappa shape index (κ3) is 9.89. The lowest BCUT2D eigenvalue weighted by atomic mass is 10.1. The summed E-state index contributed by atoms with van der Waals surface area (Å²) in [6, 6.07) is 1.72. The molecule has 0 heterocycles. The van der Waals surface area contributed by atoms with Crippen molar-refractivity contribution in [2.24, 2.45) is 0 Å². The van der Waals surface area contributed by atoms with Crippen molar-refractivity contribution in [2.75, 3.05) is 0 Å². The minimum absolute atomic E-state index is 0.101. The van der Waals surface area contributed by atoms with Crippen molar-refractivity contribution in [3.8, 4) is 0 Å². The molecule has 0 aromatic heterocycles. The summed E-state index contributed by atoms with van der Waals surface area (Å²) in [5, 5.41) is 0. The largest absolute Gasteiger partial charge is 0.392 e. The van der Waals surface area contributed by atoms with Crippen molar-refractivity contribution in [2.45, 2.75) is 104 Å². The van der Waals surface area contributed by atoms with E-state index in [1.54, 1.807) is 0 Å². The highest BCUT2D eigenvalue weighted by molar-refractivity contribution is 6.67. The topological polar surface area (TPSA) is 18.5 Å². The molecule has 0 N–H and O–H groups in total. The molecule has 0 aromatic rings. The van der Waals surface area contributed by atoms with Gasteiger partial charge in [-0.3, -0.25) is 0 Å². The van der Waals surface area contributed by atoms with Crippen molar-refractivity contribution in [3.05, 3.63) is 0 Å². The molecule has 0 spiro atoms. The molecule has 1 unspecified atom stereocenters. The number of halogens is 1. The van der Waals surface area contributed by atoms with Gasteiger partial charge in [0.2, 0.25) is 0 Å². The molecule has 20 heavy (non-hydrogen) atoms. The highest BCUT2D eigenvalue weighted by atomic mass is 28.4. The lowest BCUT2D eigenvalue weighted by Gasteiger charge is -2.35. The van der Waals surface area contributed by atoms with Crippen LogP contribution in [0.15, 0.2) is 0 Å². The van der Waals surface area contributed by atoms with Gasteiger partial charge in [0.05, 0.1) is 0 Å². The fraction of sp³-hybridized carbons (Fsp3) is 1.00. The van der Waals surface area contributed by atoms with Crippen molar-refractivity contribution in [1.29, 1.82) is 0 Å². The number of rotatable bonds is 12. The van der Waals surface area contributed by atoms with E-state index in [4.69, 9.17) is 8.85 Å². The van der Waals surface area contributed by atoms with Gasteiger partial charge in [0.1, 0.15) is 0 Å². The van der Waals surface area contributed by atoms with Crippen LogP contribution < -0.4 is 0 Å². The number of alkyl halides is 1. The smallest absolute Gasteiger partial charge is 0.340 e. The zero-order valence-electron chi connectivity index (χ0n) is 14.4. The first-order chi connectivity index (χ1) is 9.24. The summed E-state index contributed by atoms with van der Waals surface area (Å²) in [5.74, 6) is -1.60. The maximum Gasteiger partial charge on any atom is 0.340 e. The van der Waals surface area contributed by atoms with E-state index in [0.717, 1.165) is 18.5 Å². The first kappa shape index (κ1) is 20.1. The van der Waals surface area contributed by atoms with Crippen LogP contribution in [-0.2, 0) is 8.85 Å². The van der Waals surface area contributed by atoms with E-state index in [0.29, 0.717) is 0 Å². The Balaban J connectivity index is 4.36. The van der Waals surface area contributed by atoms with Gasteiger partial charge in [0, 0.05) is 6.10 Å². The molecular weight excluding hydrogens is 271 g/mol. The molecule has 2 nitrogen and oxygen atoms in total. The highest BCUT2D eigenvalue weighted by Gasteiger charge is 2.41. The van der Waals surface area contributed by atoms with Gasteiger partial charge >= 0.3 is 8.56 Å². The van der Waals surface area contributed by atoms with Gasteiger partial charge in [0.15, 0.2) is 5.85 Å². The normalized spacial score (nSPS) is 15.6. The minimum Gasteiger partial charge on any atom is -0.392 e. The number of hydrogen-bond donors (Lipinski definition) is 0. The van der Waals surface area contributed by atoms with E-state index in [2.05, 4.69) is 13.8 Å². The summed E-state index contributed by atoms with van der Waals surface area (Å²) < 4.78 is 25.8. The van der Waals surface area contributed by atoms with Gasteiger partial charge in [-0.05, 0) is 39.8 Å². The SMILES string of the molecule is CCCCCCCC[Si](CC)(OC(C)C)OC(C)(C)F. The van der Waals surface area contributed by atoms with E-state index in [9.17, 15) is 4.39 Å². The van der Waals surface area contributed by atoms with Gasteiger partial charge in [-0.25, -0.2) is 4.39 Å². The first-order valence-electron chi connectivity index (χ1n) is 8.31. The summed E-state index contributed by atoms with van der Waals surface area (Å²) in [6.07, 6.45) is 7.54. The summed E-state index contributed by atoms with van der Waals surface area (Å²) >= 11 is 0. The molecule has 4 heteroatoms. The molecule has 0 bridgehead atoms. The first-order valence-corrected chi connectivity index (χ1v) is 10.5. The molecular formula is C16H35FO2Si. The Labute approximate surface area is 126 Å². The van der Waals surface area contributed by atoms with Gasteiger partial charge in [-0.1, -0.05) is 52.4 Å². The van der Waals surface area contributed by atoms with E-state index in [1.807, 2.05) is 13.8 Å². The predicted octanol–water partition coefficient (Wildman–Crippen LogP) is 5.96. The lowest BCUT2D eigenvalue weighted by Crippen LogP contribution is -2.48. The van der Waals surface area contributed by atoms with Crippen LogP contribution in [0.3, 0.4) is 0 Å². The second-order valence-electron chi connectivity index (χ2n) is 6.41. The summed E-state index contributed by atoms with van der Waals surface area (Å²) in [5.41, 5.74) is 0. The van der Waals surface area contributed by atoms with E-state index in [1.165, 1.54) is 46.0 Å². The highest BCUT2D eigenvalue weighted by Crippen LogP contribution is 2.29. The van der Waals surface area contributed by atoms with E-state index >= 15 is 0 Å². The molecule has 0 aromatic carbocycles. The standard InChI is InChI=1S/C16H35FO2Si/c1-7-9-10-11-12-13-14-20(8-2,18-15(3)4)19-16(5,6)17/h15H,7-14H2,1-6H3. The second-order valence-corrected chi connectivity index (χ2v) is 9.88. The maximum atomic E-state index is 13.9. The van der Waals surface area contributed by atoms with Crippen molar-refractivity contribution in [3.63, 3.8) is 0 Å². The third-order valence-corrected chi connectivity index (χ3v) is 7.28. The van der Waals surface area contributed by atoms with Gasteiger partial charge < -0.3 is 8.85 Å². The van der Waals surface area contributed by atoms with Crippen molar-refractivity contribution < 1.29 is 13.2 Å². The molecule has 0 aliphatic heterocycles. The van der Waals surface area contributed by atoms with Crippen LogP contribution in [-0.4, -0.2) is 20.5 Å². The molecule has 0 amide bonds. The van der Waals surface area contributed by atoms with E-state index in [-0.39, 0.29) is 6.10 Å². The molecule has 0 fully saturated rings. The van der Waals surface area contributed by atoms with Gasteiger partial charge in [0.25, 0.3) is 0 Å². The Morgan fingerprint density at radius 2 is 1.55 bits per heavy atom. The van der Waals surface area contributed by atoms with Crippen LogP contribution in [0.4, 0.5) is 4.39 Å². The van der Waals surface area contributed by atoms with Crippen LogP contribution in [0, 0.1) is 0 Å². The Morgan fingerprint density at radius 1 is 1.00 bits per heavy atom. The van der Waals surface area contributed by atoms with Crippen LogP contribution in [0.1, 0.15) is 80.1 Å². The molecule has 0 radical (unpaired) electrons. The molecule has 122 valence electrons. The number of unbranched alkanes of at least 4 members (excludes halogenated alkanes) is 5. The fourth-order valence-corrected chi connectivity index (χ4v) is 5.98. The van der Waals surface area contributed by atoms with Gasteiger partial charge in [-0.15, -0.1) is 0 Å². The Morgan fingerprint density at radius 3 is 2.00 bits per heavy atom. The number of hydrogen-bond acceptors (Lipinski definition) is 2. The molecule has 0 aliphatic carbocycles. The monoisotopic (exact) mass is 306 g/mol.